The van der Waals surface area contributed by atoms with Crippen molar-refractivity contribution >= 4 is 22.8 Å². The Bertz CT molecular complexity index is 1160. The minimum atomic E-state index is -1.92. The summed E-state index contributed by atoms with van der Waals surface area (Å²) in [5.74, 6) is 4.39. The standard InChI is InChI=1S/C21H15FN4O3S/c22-20-16(6-8-17-12-23-10-11-24-17)7-9-18(29-14-15-4-2-1-3-5-15)21(20)26-13-19(27)25-30(26)28/h1-5,7,9-12H,13-14H2,(H,25,27). The van der Waals surface area contributed by atoms with Gasteiger partial charge in [0.25, 0.3) is 5.91 Å². The smallest absolute Gasteiger partial charge is 0.253 e. The molecule has 1 fully saturated rings. The van der Waals surface area contributed by atoms with Crippen LogP contribution in [-0.4, -0.2) is 26.6 Å². The predicted octanol–water partition coefficient (Wildman–Crippen LogP) is 2.11. The van der Waals surface area contributed by atoms with Crippen molar-refractivity contribution in [2.75, 3.05) is 10.8 Å². The van der Waals surface area contributed by atoms with E-state index in [1.54, 1.807) is 6.07 Å². The number of carbonyl (C=O) groups is 1. The van der Waals surface area contributed by atoms with Crippen LogP contribution in [-0.2, 0) is 22.6 Å². The molecule has 0 spiro atoms. The molecule has 0 radical (unpaired) electrons. The van der Waals surface area contributed by atoms with Crippen molar-refractivity contribution < 1.29 is 18.1 Å². The van der Waals surface area contributed by atoms with Crippen molar-refractivity contribution in [1.29, 1.82) is 0 Å². The number of ether oxygens (including phenoxy) is 1. The quantitative estimate of drug-likeness (QED) is 0.651. The van der Waals surface area contributed by atoms with Gasteiger partial charge >= 0.3 is 0 Å². The van der Waals surface area contributed by atoms with Crippen LogP contribution < -0.4 is 13.8 Å². The minimum absolute atomic E-state index is 0.0547. The summed E-state index contributed by atoms with van der Waals surface area (Å²) in [6, 6.07) is 12.4. The third-order valence-corrected chi connectivity index (χ3v) is 5.26. The van der Waals surface area contributed by atoms with E-state index in [0.29, 0.717) is 5.69 Å². The monoisotopic (exact) mass is 422 g/mol. The number of hydrogen-bond donors (Lipinski definition) is 1. The molecule has 1 amide bonds. The maximum absolute atomic E-state index is 15.4. The number of halogens is 1. The maximum Gasteiger partial charge on any atom is 0.253 e. The Kier molecular flexibility index (Phi) is 5.68. The predicted molar refractivity (Wildman–Crippen MR) is 109 cm³/mol. The molecule has 30 heavy (non-hydrogen) atoms. The number of anilines is 1. The SMILES string of the molecule is O=C1CN(c2c(OCc3ccccc3)ccc(C#Cc3cnccn3)c2F)S(=O)N1. The molecule has 1 saturated heterocycles. The summed E-state index contributed by atoms with van der Waals surface area (Å²) < 4.78 is 36.8. The van der Waals surface area contributed by atoms with E-state index in [9.17, 15) is 9.00 Å². The van der Waals surface area contributed by atoms with Crippen LogP contribution in [0.2, 0.25) is 0 Å². The fraction of sp³-hybridized carbons (Fsp3) is 0.0952. The Morgan fingerprint density at radius 1 is 1.17 bits per heavy atom. The summed E-state index contributed by atoms with van der Waals surface area (Å²) in [4.78, 5) is 19.6. The van der Waals surface area contributed by atoms with Crippen molar-refractivity contribution in [2.24, 2.45) is 0 Å². The van der Waals surface area contributed by atoms with Gasteiger partial charge in [0.2, 0.25) is 11.2 Å². The molecule has 0 aliphatic carbocycles. The summed E-state index contributed by atoms with van der Waals surface area (Å²) in [5, 5.41) is 0. The topological polar surface area (TPSA) is 84.4 Å². The van der Waals surface area contributed by atoms with Crippen LogP contribution in [0, 0.1) is 17.7 Å². The van der Waals surface area contributed by atoms with Crippen LogP contribution in [0.4, 0.5) is 10.1 Å². The Morgan fingerprint density at radius 2 is 2.00 bits per heavy atom. The van der Waals surface area contributed by atoms with Gasteiger partial charge < -0.3 is 4.74 Å². The van der Waals surface area contributed by atoms with Crippen LogP contribution in [0.25, 0.3) is 0 Å². The molecule has 3 aromatic rings. The van der Waals surface area contributed by atoms with Gasteiger partial charge in [-0.3, -0.25) is 18.8 Å². The van der Waals surface area contributed by atoms with Gasteiger partial charge in [0, 0.05) is 12.4 Å². The zero-order chi connectivity index (χ0) is 20.9. The average molecular weight is 422 g/mol. The highest BCUT2D eigenvalue weighted by Gasteiger charge is 2.32. The molecule has 1 N–H and O–H groups in total. The molecule has 2 aromatic carbocycles. The van der Waals surface area contributed by atoms with E-state index in [1.807, 2.05) is 30.3 Å². The van der Waals surface area contributed by atoms with Crippen LogP contribution in [0.15, 0.2) is 61.1 Å². The van der Waals surface area contributed by atoms with E-state index in [4.69, 9.17) is 4.74 Å². The summed E-state index contributed by atoms with van der Waals surface area (Å²) in [6.07, 6.45) is 4.45. The first-order chi connectivity index (χ1) is 14.6. The van der Waals surface area contributed by atoms with Crippen LogP contribution in [0.3, 0.4) is 0 Å². The number of amides is 1. The van der Waals surface area contributed by atoms with Gasteiger partial charge in [-0.25, -0.2) is 13.6 Å². The molecule has 7 nitrogen and oxygen atoms in total. The lowest BCUT2D eigenvalue weighted by atomic mass is 10.1. The fourth-order valence-electron chi connectivity index (χ4n) is 2.76. The van der Waals surface area contributed by atoms with Crippen molar-refractivity contribution in [2.45, 2.75) is 6.61 Å². The van der Waals surface area contributed by atoms with Crippen LogP contribution in [0.5, 0.6) is 5.75 Å². The Morgan fingerprint density at radius 3 is 2.70 bits per heavy atom. The summed E-state index contributed by atoms with van der Waals surface area (Å²) in [6.45, 7) is -0.0774. The Labute approximate surface area is 174 Å². The molecular weight excluding hydrogens is 407 g/mol. The van der Waals surface area contributed by atoms with E-state index in [-0.39, 0.29) is 30.2 Å². The van der Waals surface area contributed by atoms with Crippen LogP contribution >= 0.6 is 0 Å². The number of carbonyl (C=O) groups excluding carboxylic acids is 1. The first kappa shape index (κ1) is 19.5. The second-order valence-corrected chi connectivity index (χ2v) is 7.34. The van der Waals surface area contributed by atoms with E-state index >= 15 is 4.39 Å². The molecule has 4 rings (SSSR count). The number of hydrogen-bond acceptors (Lipinski definition) is 5. The summed E-state index contributed by atoms with van der Waals surface area (Å²) >= 11 is -1.92. The lowest BCUT2D eigenvalue weighted by Crippen LogP contribution is -2.24. The largest absolute Gasteiger partial charge is 0.487 e. The summed E-state index contributed by atoms with van der Waals surface area (Å²) in [7, 11) is 0. The number of rotatable bonds is 4. The molecule has 2 heterocycles. The summed E-state index contributed by atoms with van der Waals surface area (Å²) in [5.41, 5.74) is 1.23. The fourth-order valence-corrected chi connectivity index (χ4v) is 3.70. The third kappa shape index (κ3) is 4.29. The molecule has 0 saturated carbocycles. The first-order valence-electron chi connectivity index (χ1n) is 8.88. The molecule has 150 valence electrons. The third-order valence-electron chi connectivity index (χ3n) is 4.14. The molecule has 0 bridgehead atoms. The lowest BCUT2D eigenvalue weighted by molar-refractivity contribution is -0.117. The Hall–Kier alpha value is -3.77. The normalized spacial score (nSPS) is 15.3. The van der Waals surface area contributed by atoms with Crippen molar-refractivity contribution in [3.8, 4) is 17.6 Å². The minimum Gasteiger partial charge on any atom is -0.487 e. The second kappa shape index (κ2) is 8.71. The van der Waals surface area contributed by atoms with Gasteiger partial charge in [0.15, 0.2) is 5.82 Å². The Balaban J connectivity index is 1.71. The maximum atomic E-state index is 15.4. The molecule has 1 aromatic heterocycles. The van der Waals surface area contributed by atoms with Gasteiger partial charge in [-0.05, 0) is 23.6 Å². The van der Waals surface area contributed by atoms with Gasteiger partial charge in [-0.1, -0.05) is 36.3 Å². The number of nitrogens with one attached hydrogen (secondary N) is 1. The molecule has 1 aliphatic rings. The van der Waals surface area contributed by atoms with Gasteiger partial charge in [0.1, 0.15) is 30.3 Å². The first-order valence-corrected chi connectivity index (χ1v) is 9.98. The molecule has 1 atom stereocenters. The van der Waals surface area contributed by atoms with E-state index in [0.717, 1.165) is 9.87 Å². The van der Waals surface area contributed by atoms with E-state index < -0.39 is 22.9 Å². The number of nitrogens with zero attached hydrogens (tertiary/aromatic N) is 3. The van der Waals surface area contributed by atoms with Crippen LogP contribution in [0.1, 0.15) is 16.8 Å². The average Bonchev–Trinajstić information content (AvgIpc) is 3.10. The molecule has 1 aliphatic heterocycles. The number of aromatic nitrogens is 2. The van der Waals surface area contributed by atoms with Crippen molar-refractivity contribution in [3.63, 3.8) is 0 Å². The molecular formula is C21H15FN4O3S. The highest BCUT2D eigenvalue weighted by atomic mass is 32.2. The molecule has 9 heteroatoms. The van der Waals surface area contributed by atoms with Gasteiger partial charge in [-0.15, -0.1) is 0 Å². The van der Waals surface area contributed by atoms with Crippen molar-refractivity contribution in [1.82, 2.24) is 14.7 Å². The molecule has 1 unspecified atom stereocenters. The number of benzene rings is 2. The van der Waals surface area contributed by atoms with Crippen molar-refractivity contribution in [3.05, 3.63) is 83.7 Å². The van der Waals surface area contributed by atoms with Gasteiger partial charge in [0.05, 0.1) is 11.8 Å². The second-order valence-electron chi connectivity index (χ2n) is 6.20. The lowest BCUT2D eigenvalue weighted by Gasteiger charge is -2.19. The highest BCUT2D eigenvalue weighted by molar-refractivity contribution is 7.85. The van der Waals surface area contributed by atoms with E-state index in [1.165, 1.54) is 24.7 Å². The van der Waals surface area contributed by atoms with Gasteiger partial charge in [-0.2, -0.15) is 0 Å². The zero-order valence-corrected chi connectivity index (χ0v) is 16.4. The zero-order valence-electron chi connectivity index (χ0n) is 15.5. The van der Waals surface area contributed by atoms with E-state index in [2.05, 4.69) is 26.5 Å². The highest BCUT2D eigenvalue weighted by Crippen LogP contribution is 2.35.